The number of nitrogens with zero attached hydrogens (tertiary/aromatic N) is 2. The second-order valence-corrected chi connectivity index (χ2v) is 5.39. The third kappa shape index (κ3) is 3.46. The molecule has 0 aliphatic heterocycles. The molecule has 122 valence electrons. The number of carbonyl (C=O) groups excluding carboxylic acids is 1. The lowest BCUT2D eigenvalue weighted by Gasteiger charge is -2.04. The predicted octanol–water partition coefficient (Wildman–Crippen LogP) is 3.55. The standard InChI is InChI=1S/C19H18N2O3/c1-14-8-10-15(11-9-14)13-24-19(22)18-17(23-2)12-21(20-18)16-6-4-3-5-7-16/h3-12H,13H2,1-2H3. The second kappa shape index (κ2) is 7.00. The van der Waals surface area contributed by atoms with Crippen LogP contribution in [0.15, 0.2) is 60.8 Å². The Hall–Kier alpha value is -3.08. The zero-order valence-corrected chi connectivity index (χ0v) is 13.6. The molecule has 5 nitrogen and oxygen atoms in total. The quantitative estimate of drug-likeness (QED) is 0.674. The van der Waals surface area contributed by atoms with Gasteiger partial charge in [0.05, 0.1) is 19.0 Å². The summed E-state index contributed by atoms with van der Waals surface area (Å²) in [5, 5.41) is 4.29. The van der Waals surface area contributed by atoms with E-state index in [9.17, 15) is 4.79 Å². The number of carbonyl (C=O) groups is 1. The summed E-state index contributed by atoms with van der Waals surface area (Å²) in [6.07, 6.45) is 1.66. The summed E-state index contributed by atoms with van der Waals surface area (Å²) >= 11 is 0. The van der Waals surface area contributed by atoms with Crippen molar-refractivity contribution in [1.82, 2.24) is 9.78 Å². The van der Waals surface area contributed by atoms with E-state index in [1.165, 1.54) is 7.11 Å². The molecule has 0 unspecified atom stereocenters. The number of benzene rings is 2. The minimum Gasteiger partial charge on any atom is -0.493 e. The molecule has 0 fully saturated rings. The minimum absolute atomic E-state index is 0.161. The summed E-state index contributed by atoms with van der Waals surface area (Å²) in [5.74, 6) is -0.130. The van der Waals surface area contributed by atoms with Crippen molar-refractivity contribution in [2.24, 2.45) is 0 Å². The normalized spacial score (nSPS) is 10.4. The maximum absolute atomic E-state index is 12.3. The van der Waals surface area contributed by atoms with Gasteiger partial charge in [0.1, 0.15) is 6.61 Å². The summed E-state index contributed by atoms with van der Waals surface area (Å²) in [4.78, 5) is 12.3. The molecule has 0 aliphatic rings. The molecule has 0 amide bonds. The monoisotopic (exact) mass is 322 g/mol. The van der Waals surface area contributed by atoms with E-state index in [1.807, 2.05) is 61.5 Å². The van der Waals surface area contributed by atoms with Crippen LogP contribution < -0.4 is 4.74 Å². The van der Waals surface area contributed by atoms with E-state index in [0.717, 1.165) is 16.8 Å². The van der Waals surface area contributed by atoms with Gasteiger partial charge >= 0.3 is 5.97 Å². The molecule has 0 saturated heterocycles. The highest BCUT2D eigenvalue weighted by Gasteiger charge is 2.19. The van der Waals surface area contributed by atoms with Crippen LogP contribution in [0.4, 0.5) is 0 Å². The number of methoxy groups -OCH3 is 1. The first-order valence-electron chi connectivity index (χ1n) is 7.59. The molecule has 0 radical (unpaired) electrons. The summed E-state index contributed by atoms with van der Waals surface area (Å²) in [6.45, 7) is 2.21. The molecular formula is C19H18N2O3. The van der Waals surface area contributed by atoms with Crippen LogP contribution in [0.1, 0.15) is 21.6 Å². The number of hydrogen-bond donors (Lipinski definition) is 0. The molecular weight excluding hydrogens is 304 g/mol. The Morgan fingerprint density at radius 2 is 1.79 bits per heavy atom. The first kappa shape index (κ1) is 15.8. The minimum atomic E-state index is -0.512. The van der Waals surface area contributed by atoms with Crippen molar-refractivity contribution in [3.8, 4) is 11.4 Å². The maximum Gasteiger partial charge on any atom is 0.363 e. The molecule has 0 bridgehead atoms. The van der Waals surface area contributed by atoms with E-state index in [0.29, 0.717) is 5.75 Å². The van der Waals surface area contributed by atoms with Gasteiger partial charge in [-0.2, -0.15) is 5.10 Å². The molecule has 24 heavy (non-hydrogen) atoms. The van der Waals surface area contributed by atoms with Crippen LogP contribution in [0.25, 0.3) is 5.69 Å². The van der Waals surface area contributed by atoms with Crippen molar-refractivity contribution in [1.29, 1.82) is 0 Å². The molecule has 0 atom stereocenters. The molecule has 0 N–H and O–H groups in total. The Morgan fingerprint density at radius 3 is 2.46 bits per heavy atom. The van der Waals surface area contributed by atoms with Crippen molar-refractivity contribution in [3.05, 3.63) is 77.6 Å². The van der Waals surface area contributed by atoms with Crippen LogP contribution in [0, 0.1) is 6.92 Å². The number of rotatable bonds is 5. The lowest BCUT2D eigenvalue weighted by atomic mass is 10.2. The maximum atomic E-state index is 12.3. The van der Waals surface area contributed by atoms with Gasteiger partial charge in [-0.1, -0.05) is 48.0 Å². The molecule has 3 rings (SSSR count). The summed E-state index contributed by atoms with van der Waals surface area (Å²) < 4.78 is 12.2. The van der Waals surface area contributed by atoms with Crippen LogP contribution in [0.2, 0.25) is 0 Å². The highest BCUT2D eigenvalue weighted by Crippen LogP contribution is 2.20. The molecule has 3 aromatic rings. The average molecular weight is 322 g/mol. The Bertz CT molecular complexity index is 824. The van der Waals surface area contributed by atoms with E-state index < -0.39 is 5.97 Å². The number of esters is 1. The Morgan fingerprint density at radius 1 is 1.08 bits per heavy atom. The van der Waals surface area contributed by atoms with Crippen LogP contribution in [-0.4, -0.2) is 22.9 Å². The van der Waals surface area contributed by atoms with Gasteiger partial charge in [-0.25, -0.2) is 9.48 Å². The number of hydrogen-bond acceptors (Lipinski definition) is 4. The lowest BCUT2D eigenvalue weighted by molar-refractivity contribution is 0.0461. The van der Waals surface area contributed by atoms with Crippen LogP contribution in [0.3, 0.4) is 0 Å². The average Bonchev–Trinajstić information content (AvgIpc) is 3.06. The van der Waals surface area contributed by atoms with Gasteiger partial charge in [-0.05, 0) is 24.6 Å². The number of ether oxygens (including phenoxy) is 2. The highest BCUT2D eigenvalue weighted by atomic mass is 16.5. The van der Waals surface area contributed by atoms with E-state index in [2.05, 4.69) is 5.10 Å². The van der Waals surface area contributed by atoms with E-state index in [-0.39, 0.29) is 12.3 Å². The van der Waals surface area contributed by atoms with Gasteiger partial charge in [0.15, 0.2) is 5.75 Å². The topological polar surface area (TPSA) is 53.4 Å². The van der Waals surface area contributed by atoms with Crippen molar-refractivity contribution in [2.45, 2.75) is 13.5 Å². The van der Waals surface area contributed by atoms with Gasteiger partial charge in [0.2, 0.25) is 5.69 Å². The summed E-state index contributed by atoms with van der Waals surface area (Å²) in [6, 6.07) is 17.3. The number of aryl methyl sites for hydroxylation is 1. The molecule has 0 saturated carbocycles. The molecule has 2 aromatic carbocycles. The van der Waals surface area contributed by atoms with E-state index in [1.54, 1.807) is 10.9 Å². The van der Waals surface area contributed by atoms with Gasteiger partial charge in [0.25, 0.3) is 0 Å². The van der Waals surface area contributed by atoms with Crippen LogP contribution in [0.5, 0.6) is 5.75 Å². The first-order valence-corrected chi connectivity index (χ1v) is 7.59. The smallest absolute Gasteiger partial charge is 0.363 e. The van der Waals surface area contributed by atoms with E-state index >= 15 is 0 Å². The third-order valence-electron chi connectivity index (χ3n) is 3.61. The highest BCUT2D eigenvalue weighted by molar-refractivity contribution is 5.90. The fraction of sp³-hybridized carbons (Fsp3) is 0.158. The third-order valence-corrected chi connectivity index (χ3v) is 3.61. The van der Waals surface area contributed by atoms with Crippen LogP contribution in [-0.2, 0) is 11.3 Å². The summed E-state index contributed by atoms with van der Waals surface area (Å²) in [7, 11) is 1.50. The Labute approximate surface area is 140 Å². The lowest BCUT2D eigenvalue weighted by Crippen LogP contribution is -2.08. The fourth-order valence-electron chi connectivity index (χ4n) is 2.26. The summed E-state index contributed by atoms with van der Waals surface area (Å²) in [5.41, 5.74) is 3.09. The molecule has 5 heteroatoms. The molecule has 1 aromatic heterocycles. The van der Waals surface area contributed by atoms with Gasteiger partial charge in [-0.3, -0.25) is 0 Å². The zero-order valence-electron chi connectivity index (χ0n) is 13.6. The van der Waals surface area contributed by atoms with Crippen LogP contribution >= 0.6 is 0 Å². The number of para-hydroxylation sites is 1. The van der Waals surface area contributed by atoms with Crippen molar-refractivity contribution in [2.75, 3.05) is 7.11 Å². The Kier molecular flexibility index (Phi) is 4.61. The zero-order chi connectivity index (χ0) is 16.9. The first-order chi connectivity index (χ1) is 11.7. The van der Waals surface area contributed by atoms with Gasteiger partial charge in [-0.15, -0.1) is 0 Å². The van der Waals surface area contributed by atoms with Crippen molar-refractivity contribution < 1.29 is 14.3 Å². The second-order valence-electron chi connectivity index (χ2n) is 5.39. The van der Waals surface area contributed by atoms with Crippen molar-refractivity contribution in [3.63, 3.8) is 0 Å². The van der Waals surface area contributed by atoms with E-state index in [4.69, 9.17) is 9.47 Å². The largest absolute Gasteiger partial charge is 0.493 e. The fourth-order valence-corrected chi connectivity index (χ4v) is 2.26. The molecule has 0 spiro atoms. The molecule has 0 aliphatic carbocycles. The molecule has 1 heterocycles. The van der Waals surface area contributed by atoms with Gasteiger partial charge < -0.3 is 9.47 Å². The SMILES string of the molecule is COc1cn(-c2ccccc2)nc1C(=O)OCc1ccc(C)cc1. The predicted molar refractivity (Wildman–Crippen MR) is 90.4 cm³/mol. The van der Waals surface area contributed by atoms with Crippen molar-refractivity contribution >= 4 is 5.97 Å². The van der Waals surface area contributed by atoms with Gasteiger partial charge in [0, 0.05) is 0 Å². The Balaban J connectivity index is 1.76. The number of aromatic nitrogens is 2.